The van der Waals surface area contributed by atoms with Gasteiger partial charge in [0.15, 0.2) is 0 Å². The number of H-pyrrole nitrogens is 1. The lowest BCUT2D eigenvalue weighted by molar-refractivity contribution is -0.212. The molecule has 1 N–H and O–H groups in total. The molecule has 190 valence electrons. The molecule has 1 aliphatic heterocycles. The van der Waals surface area contributed by atoms with Crippen LogP contribution in [-0.4, -0.2) is 56.9 Å². The number of halogens is 3. The van der Waals surface area contributed by atoms with E-state index in [1.165, 1.54) is 4.90 Å². The van der Waals surface area contributed by atoms with E-state index in [1.54, 1.807) is 10.8 Å². The van der Waals surface area contributed by atoms with Crippen molar-refractivity contribution >= 4 is 11.4 Å². The van der Waals surface area contributed by atoms with Crippen LogP contribution >= 0.6 is 0 Å². The number of nitrogens with zero attached hydrogens (tertiary/aromatic N) is 8. The SMILES string of the molecule is CC(C)c1cccn2nc([C@H]3c4nc[nH]c4CCN3C(=O)c3nnc(-c4cnn(C(F)(F)F)c4)o3)cc12. The first-order valence-electron chi connectivity index (χ1n) is 11.5. The summed E-state index contributed by atoms with van der Waals surface area (Å²) in [6, 6.07) is 5.26. The van der Waals surface area contributed by atoms with Gasteiger partial charge in [0.05, 0.1) is 35.0 Å². The van der Waals surface area contributed by atoms with Gasteiger partial charge in [-0.2, -0.15) is 14.9 Å². The van der Waals surface area contributed by atoms with Crippen LogP contribution in [0, 0.1) is 0 Å². The highest BCUT2D eigenvalue weighted by atomic mass is 19.4. The standard InChI is InChI=1S/C23H20F3N9O2/c1-12(2)14-4-3-6-34-17(14)8-16(32-34)19-18-15(27-11-28-18)5-7-33(19)22(36)21-31-30-20(37-21)13-9-29-35(10-13)23(24,25)26/h3-4,6,8-12,19H,5,7H2,1-2H3,(H,27,28)/t19-/m0/s1. The summed E-state index contributed by atoms with van der Waals surface area (Å²) in [5.41, 5.74) is 4.12. The van der Waals surface area contributed by atoms with Crippen molar-refractivity contribution in [3.63, 3.8) is 0 Å². The Morgan fingerprint density at radius 3 is 2.86 bits per heavy atom. The van der Waals surface area contributed by atoms with E-state index in [0.29, 0.717) is 30.6 Å². The Kier molecular flexibility index (Phi) is 5.14. The zero-order valence-corrected chi connectivity index (χ0v) is 19.6. The number of nitrogens with one attached hydrogen (secondary N) is 1. The van der Waals surface area contributed by atoms with Crippen LogP contribution in [0.5, 0.6) is 0 Å². The van der Waals surface area contributed by atoms with E-state index in [9.17, 15) is 18.0 Å². The molecule has 1 amide bonds. The number of fused-ring (bicyclic) bond motifs is 2. The van der Waals surface area contributed by atoms with Crippen molar-refractivity contribution in [2.45, 2.75) is 38.5 Å². The first-order chi connectivity index (χ1) is 17.7. The van der Waals surface area contributed by atoms with Crippen molar-refractivity contribution in [3.8, 4) is 11.5 Å². The number of aromatic amines is 1. The molecular formula is C23H20F3N9O2. The van der Waals surface area contributed by atoms with E-state index in [4.69, 9.17) is 9.52 Å². The number of aromatic nitrogens is 8. The Labute approximate surface area is 206 Å². The Hall–Kier alpha value is -4.49. The normalized spacial score (nSPS) is 16.1. The van der Waals surface area contributed by atoms with Gasteiger partial charge in [0.1, 0.15) is 6.04 Å². The molecule has 0 aromatic carbocycles. The van der Waals surface area contributed by atoms with Crippen LogP contribution in [-0.2, 0) is 12.7 Å². The van der Waals surface area contributed by atoms with Crippen molar-refractivity contribution in [1.82, 2.24) is 44.5 Å². The van der Waals surface area contributed by atoms with Gasteiger partial charge in [0.25, 0.3) is 5.89 Å². The highest BCUT2D eigenvalue weighted by Gasteiger charge is 2.38. The lowest BCUT2D eigenvalue weighted by Gasteiger charge is -2.32. The lowest BCUT2D eigenvalue weighted by Crippen LogP contribution is -2.41. The molecule has 5 aromatic rings. The molecule has 0 spiro atoms. The van der Waals surface area contributed by atoms with Crippen molar-refractivity contribution in [2.24, 2.45) is 0 Å². The van der Waals surface area contributed by atoms with Crippen molar-refractivity contribution in [2.75, 3.05) is 6.54 Å². The molecule has 11 nitrogen and oxygen atoms in total. The minimum absolute atomic E-state index is 0.0600. The fourth-order valence-corrected chi connectivity index (χ4v) is 4.59. The third kappa shape index (κ3) is 3.84. The molecule has 37 heavy (non-hydrogen) atoms. The largest absolute Gasteiger partial charge is 0.504 e. The maximum absolute atomic E-state index is 13.6. The average Bonchev–Trinajstić information content (AvgIpc) is 3.66. The van der Waals surface area contributed by atoms with Crippen LogP contribution < -0.4 is 0 Å². The predicted octanol–water partition coefficient (Wildman–Crippen LogP) is 3.69. The number of carbonyl (C=O) groups excluding carboxylic acids is 1. The van der Waals surface area contributed by atoms with Gasteiger partial charge in [-0.05, 0) is 23.6 Å². The maximum Gasteiger partial charge on any atom is 0.504 e. The van der Waals surface area contributed by atoms with Crippen molar-refractivity contribution in [3.05, 3.63) is 71.7 Å². The van der Waals surface area contributed by atoms with Gasteiger partial charge in [0, 0.05) is 31.1 Å². The van der Waals surface area contributed by atoms with Gasteiger partial charge in [-0.15, -0.1) is 23.4 Å². The molecule has 1 aliphatic rings. The van der Waals surface area contributed by atoms with Crippen LogP contribution in [0.25, 0.3) is 17.0 Å². The molecule has 14 heteroatoms. The molecule has 0 aliphatic carbocycles. The van der Waals surface area contributed by atoms with Crippen molar-refractivity contribution < 1.29 is 22.4 Å². The lowest BCUT2D eigenvalue weighted by atomic mass is 9.98. The van der Waals surface area contributed by atoms with Gasteiger partial charge in [-0.25, -0.2) is 9.50 Å². The number of imidazole rings is 1. The number of amides is 1. The monoisotopic (exact) mass is 511 g/mol. The summed E-state index contributed by atoms with van der Waals surface area (Å²) in [4.78, 5) is 22.7. The molecule has 0 saturated carbocycles. The molecule has 0 fully saturated rings. The highest BCUT2D eigenvalue weighted by molar-refractivity contribution is 5.90. The number of alkyl halides is 3. The fourth-order valence-electron chi connectivity index (χ4n) is 4.59. The van der Waals surface area contributed by atoms with Gasteiger partial charge in [-0.3, -0.25) is 4.79 Å². The second-order valence-electron chi connectivity index (χ2n) is 8.99. The van der Waals surface area contributed by atoms with E-state index in [1.807, 2.05) is 24.4 Å². The molecule has 1 atom stereocenters. The first kappa shape index (κ1) is 22.9. The summed E-state index contributed by atoms with van der Waals surface area (Å²) >= 11 is 0. The molecule has 0 saturated heterocycles. The summed E-state index contributed by atoms with van der Waals surface area (Å²) in [6.45, 7) is 4.50. The summed E-state index contributed by atoms with van der Waals surface area (Å²) in [7, 11) is 0. The van der Waals surface area contributed by atoms with Crippen LogP contribution in [0.15, 0.2) is 47.5 Å². The zero-order chi connectivity index (χ0) is 25.9. The Balaban J connectivity index is 1.37. The third-order valence-corrected chi connectivity index (χ3v) is 6.34. The third-order valence-electron chi connectivity index (χ3n) is 6.34. The molecule has 5 aromatic heterocycles. The highest BCUT2D eigenvalue weighted by Crippen LogP contribution is 2.35. The number of rotatable bonds is 4. The molecule has 6 rings (SSSR count). The quantitative estimate of drug-likeness (QED) is 0.390. The summed E-state index contributed by atoms with van der Waals surface area (Å²) in [5.74, 6) is -0.925. The van der Waals surface area contributed by atoms with Gasteiger partial charge in [-0.1, -0.05) is 19.9 Å². The van der Waals surface area contributed by atoms with Gasteiger partial charge >= 0.3 is 18.1 Å². The molecule has 0 radical (unpaired) electrons. The van der Waals surface area contributed by atoms with E-state index in [0.717, 1.165) is 23.0 Å². The first-order valence-corrected chi connectivity index (χ1v) is 11.5. The molecule has 0 bridgehead atoms. The minimum Gasteiger partial charge on any atom is -0.412 e. The summed E-state index contributed by atoms with van der Waals surface area (Å²) < 4.78 is 45.8. The van der Waals surface area contributed by atoms with E-state index in [2.05, 4.69) is 39.1 Å². The van der Waals surface area contributed by atoms with E-state index < -0.39 is 18.2 Å². The van der Waals surface area contributed by atoms with Crippen LogP contribution in [0.1, 0.15) is 59.1 Å². The second-order valence-corrected chi connectivity index (χ2v) is 8.99. The smallest absolute Gasteiger partial charge is 0.412 e. The van der Waals surface area contributed by atoms with Gasteiger partial charge < -0.3 is 14.3 Å². The number of pyridine rings is 1. The summed E-state index contributed by atoms with van der Waals surface area (Å²) in [5, 5.41) is 15.6. The van der Waals surface area contributed by atoms with Gasteiger partial charge in [0.2, 0.25) is 0 Å². The van der Waals surface area contributed by atoms with Crippen LogP contribution in [0.2, 0.25) is 0 Å². The summed E-state index contributed by atoms with van der Waals surface area (Å²) in [6.07, 6.45) is 0.896. The molecular weight excluding hydrogens is 491 g/mol. The Morgan fingerprint density at radius 2 is 2.11 bits per heavy atom. The van der Waals surface area contributed by atoms with Crippen LogP contribution in [0.3, 0.4) is 0 Å². The number of hydrogen-bond donors (Lipinski definition) is 1. The van der Waals surface area contributed by atoms with Crippen LogP contribution in [0.4, 0.5) is 13.2 Å². The maximum atomic E-state index is 13.6. The second kappa shape index (κ2) is 8.28. The number of carbonyl (C=O) groups is 1. The topological polar surface area (TPSA) is 123 Å². The molecule has 0 unspecified atom stereocenters. The number of hydrogen-bond acceptors (Lipinski definition) is 7. The molecule has 6 heterocycles. The fraction of sp³-hybridized carbons (Fsp3) is 0.304. The van der Waals surface area contributed by atoms with Crippen molar-refractivity contribution in [1.29, 1.82) is 0 Å². The zero-order valence-electron chi connectivity index (χ0n) is 19.6. The average molecular weight is 511 g/mol. The minimum atomic E-state index is -4.69. The predicted molar refractivity (Wildman–Crippen MR) is 121 cm³/mol. The van der Waals surface area contributed by atoms with E-state index in [-0.39, 0.29) is 27.9 Å². The van der Waals surface area contributed by atoms with E-state index >= 15 is 0 Å². The Bertz CT molecular complexity index is 1610. The Morgan fingerprint density at radius 1 is 1.27 bits per heavy atom.